The van der Waals surface area contributed by atoms with Crippen LogP contribution >= 0.6 is 0 Å². The molecule has 0 bridgehead atoms. The fraction of sp³-hybridized carbons (Fsp3) is 0.556. The Balaban J connectivity index is 2.68. The highest BCUT2D eigenvalue weighted by Gasteiger charge is 1.99. The molecule has 1 heterocycles. The molecule has 0 aliphatic carbocycles. The second kappa shape index (κ2) is 4.64. The van der Waals surface area contributed by atoms with E-state index in [1.165, 1.54) is 0 Å². The smallest absolute Gasteiger partial charge is 0.226 e. The zero-order chi connectivity index (χ0) is 9.68. The number of nitrogens with zero attached hydrogens (tertiary/aromatic N) is 3. The summed E-state index contributed by atoms with van der Waals surface area (Å²) < 4.78 is 0. The molecule has 0 amide bonds. The van der Waals surface area contributed by atoms with E-state index in [4.69, 9.17) is 0 Å². The Bertz CT molecular complexity index is 260. The summed E-state index contributed by atoms with van der Waals surface area (Å²) in [6, 6.07) is 1.88. The molecule has 0 radical (unpaired) electrons. The molecule has 0 aromatic carbocycles. The Hall–Kier alpha value is -1.32. The van der Waals surface area contributed by atoms with Crippen LogP contribution in [0.4, 0.5) is 11.8 Å². The molecule has 0 saturated heterocycles. The van der Waals surface area contributed by atoms with Crippen LogP contribution < -0.4 is 10.2 Å². The van der Waals surface area contributed by atoms with E-state index in [9.17, 15) is 0 Å². The standard InChI is InChI=1S/C9H16N4/c1-4-6-10-8-5-7-11-9(12-8)13(2)3/h5,7H,4,6H2,1-3H3,(H,10,11,12). The third-order valence-electron chi connectivity index (χ3n) is 1.60. The highest BCUT2D eigenvalue weighted by Crippen LogP contribution is 2.07. The number of hydrogen-bond acceptors (Lipinski definition) is 4. The molecule has 1 rings (SSSR count). The maximum absolute atomic E-state index is 4.31. The quantitative estimate of drug-likeness (QED) is 0.759. The minimum Gasteiger partial charge on any atom is -0.370 e. The van der Waals surface area contributed by atoms with Crippen molar-refractivity contribution in [1.29, 1.82) is 0 Å². The minimum atomic E-state index is 0.737. The summed E-state index contributed by atoms with van der Waals surface area (Å²) in [5, 5.41) is 3.21. The first-order chi connectivity index (χ1) is 6.24. The molecule has 13 heavy (non-hydrogen) atoms. The van der Waals surface area contributed by atoms with Gasteiger partial charge in [0.25, 0.3) is 0 Å². The lowest BCUT2D eigenvalue weighted by Gasteiger charge is -2.11. The SMILES string of the molecule is CCCNc1ccnc(N(C)C)n1. The average molecular weight is 180 g/mol. The maximum Gasteiger partial charge on any atom is 0.226 e. The van der Waals surface area contributed by atoms with Crippen molar-refractivity contribution in [3.05, 3.63) is 12.3 Å². The Morgan fingerprint density at radius 1 is 1.46 bits per heavy atom. The fourth-order valence-electron chi connectivity index (χ4n) is 0.915. The van der Waals surface area contributed by atoms with Crippen LogP contribution in [0.2, 0.25) is 0 Å². The number of rotatable bonds is 4. The molecule has 1 aromatic rings. The van der Waals surface area contributed by atoms with Crippen LogP contribution in [-0.4, -0.2) is 30.6 Å². The molecular formula is C9H16N4. The lowest BCUT2D eigenvalue weighted by molar-refractivity contribution is 0.949. The number of nitrogens with one attached hydrogen (secondary N) is 1. The van der Waals surface area contributed by atoms with E-state index in [-0.39, 0.29) is 0 Å². The van der Waals surface area contributed by atoms with Crippen molar-refractivity contribution < 1.29 is 0 Å². The Morgan fingerprint density at radius 3 is 2.85 bits per heavy atom. The largest absolute Gasteiger partial charge is 0.370 e. The van der Waals surface area contributed by atoms with E-state index in [1.807, 2.05) is 25.1 Å². The summed E-state index contributed by atoms with van der Waals surface area (Å²) in [4.78, 5) is 10.3. The zero-order valence-corrected chi connectivity index (χ0v) is 8.41. The Labute approximate surface area is 79.0 Å². The molecule has 1 N–H and O–H groups in total. The van der Waals surface area contributed by atoms with Gasteiger partial charge in [-0.1, -0.05) is 6.92 Å². The van der Waals surface area contributed by atoms with Gasteiger partial charge in [-0.2, -0.15) is 4.98 Å². The molecule has 0 saturated carbocycles. The van der Waals surface area contributed by atoms with E-state index >= 15 is 0 Å². The molecule has 0 aliphatic rings. The van der Waals surface area contributed by atoms with Gasteiger partial charge in [0.05, 0.1) is 0 Å². The van der Waals surface area contributed by atoms with Gasteiger partial charge in [-0.25, -0.2) is 4.98 Å². The number of hydrogen-bond donors (Lipinski definition) is 1. The predicted molar refractivity (Wildman–Crippen MR) is 55.1 cm³/mol. The second-order valence-electron chi connectivity index (χ2n) is 3.06. The first-order valence-corrected chi connectivity index (χ1v) is 4.48. The summed E-state index contributed by atoms with van der Waals surface area (Å²) in [6.07, 6.45) is 2.86. The maximum atomic E-state index is 4.31. The van der Waals surface area contributed by atoms with Gasteiger partial charge in [-0.15, -0.1) is 0 Å². The summed E-state index contributed by atoms with van der Waals surface area (Å²) in [5.41, 5.74) is 0. The summed E-state index contributed by atoms with van der Waals surface area (Å²) in [7, 11) is 3.86. The lowest BCUT2D eigenvalue weighted by Crippen LogP contribution is -2.13. The average Bonchev–Trinajstić information content (AvgIpc) is 2.15. The molecule has 0 fully saturated rings. The van der Waals surface area contributed by atoms with Crippen LogP contribution in [-0.2, 0) is 0 Å². The third kappa shape index (κ3) is 2.89. The van der Waals surface area contributed by atoms with Gasteiger partial charge in [-0.05, 0) is 12.5 Å². The normalized spacial score (nSPS) is 9.77. The van der Waals surface area contributed by atoms with Crippen LogP contribution in [0, 0.1) is 0 Å². The van der Waals surface area contributed by atoms with Crippen LogP contribution in [0.25, 0.3) is 0 Å². The van der Waals surface area contributed by atoms with E-state index < -0.39 is 0 Å². The molecule has 0 spiro atoms. The van der Waals surface area contributed by atoms with Crippen molar-refractivity contribution in [2.75, 3.05) is 30.9 Å². The van der Waals surface area contributed by atoms with Crippen LogP contribution in [0.3, 0.4) is 0 Å². The highest BCUT2D eigenvalue weighted by molar-refractivity contribution is 5.40. The van der Waals surface area contributed by atoms with Crippen LogP contribution in [0.15, 0.2) is 12.3 Å². The first-order valence-electron chi connectivity index (χ1n) is 4.48. The van der Waals surface area contributed by atoms with E-state index in [0.717, 1.165) is 24.7 Å². The highest BCUT2D eigenvalue weighted by atomic mass is 15.2. The van der Waals surface area contributed by atoms with Crippen LogP contribution in [0.1, 0.15) is 13.3 Å². The molecule has 4 nitrogen and oxygen atoms in total. The van der Waals surface area contributed by atoms with Gasteiger partial charge in [0.15, 0.2) is 0 Å². The van der Waals surface area contributed by atoms with Crippen molar-refractivity contribution in [3.63, 3.8) is 0 Å². The molecule has 0 aliphatic heterocycles. The Kier molecular flexibility index (Phi) is 3.49. The number of aromatic nitrogens is 2. The van der Waals surface area contributed by atoms with Crippen molar-refractivity contribution in [3.8, 4) is 0 Å². The van der Waals surface area contributed by atoms with Crippen molar-refractivity contribution in [2.24, 2.45) is 0 Å². The molecule has 4 heteroatoms. The van der Waals surface area contributed by atoms with Gasteiger partial charge in [-0.3, -0.25) is 0 Å². The van der Waals surface area contributed by atoms with E-state index in [0.29, 0.717) is 0 Å². The summed E-state index contributed by atoms with van der Waals surface area (Å²) in [6.45, 7) is 3.07. The minimum absolute atomic E-state index is 0.737. The van der Waals surface area contributed by atoms with E-state index in [1.54, 1.807) is 6.20 Å². The first kappa shape index (κ1) is 9.77. The molecular weight excluding hydrogens is 164 g/mol. The third-order valence-corrected chi connectivity index (χ3v) is 1.60. The van der Waals surface area contributed by atoms with Gasteiger partial charge in [0, 0.05) is 26.8 Å². The van der Waals surface area contributed by atoms with Gasteiger partial charge in [0.2, 0.25) is 5.95 Å². The fourth-order valence-corrected chi connectivity index (χ4v) is 0.915. The lowest BCUT2D eigenvalue weighted by atomic mass is 10.4. The van der Waals surface area contributed by atoms with Gasteiger partial charge in [0.1, 0.15) is 5.82 Å². The molecule has 72 valence electrons. The zero-order valence-electron chi connectivity index (χ0n) is 8.41. The predicted octanol–water partition coefficient (Wildman–Crippen LogP) is 1.36. The van der Waals surface area contributed by atoms with Gasteiger partial charge >= 0.3 is 0 Å². The van der Waals surface area contributed by atoms with Gasteiger partial charge < -0.3 is 10.2 Å². The second-order valence-corrected chi connectivity index (χ2v) is 3.06. The van der Waals surface area contributed by atoms with Crippen molar-refractivity contribution in [2.45, 2.75) is 13.3 Å². The van der Waals surface area contributed by atoms with Crippen molar-refractivity contribution >= 4 is 11.8 Å². The number of anilines is 2. The van der Waals surface area contributed by atoms with E-state index in [2.05, 4.69) is 22.2 Å². The molecule has 0 atom stereocenters. The van der Waals surface area contributed by atoms with Crippen LogP contribution in [0.5, 0.6) is 0 Å². The summed E-state index contributed by atoms with van der Waals surface area (Å²) >= 11 is 0. The molecule has 1 aromatic heterocycles. The topological polar surface area (TPSA) is 41.1 Å². The monoisotopic (exact) mass is 180 g/mol. The van der Waals surface area contributed by atoms with Crippen molar-refractivity contribution in [1.82, 2.24) is 9.97 Å². The molecule has 0 unspecified atom stereocenters. The summed E-state index contributed by atoms with van der Waals surface area (Å²) in [5.74, 6) is 1.63. The Morgan fingerprint density at radius 2 is 2.23 bits per heavy atom.